The Morgan fingerprint density at radius 2 is 1.86 bits per heavy atom. The van der Waals surface area contributed by atoms with Crippen molar-refractivity contribution in [3.8, 4) is 0 Å². The van der Waals surface area contributed by atoms with Crippen LogP contribution in [0.5, 0.6) is 0 Å². The quantitative estimate of drug-likeness (QED) is 0.680. The van der Waals surface area contributed by atoms with Crippen molar-refractivity contribution in [3.63, 3.8) is 0 Å². The number of nitrogens with one attached hydrogen (secondary N) is 2. The molecule has 1 aliphatic rings. The zero-order valence-corrected chi connectivity index (χ0v) is 17.0. The lowest BCUT2D eigenvalue weighted by molar-refractivity contribution is -0.122. The van der Waals surface area contributed by atoms with E-state index in [0.717, 1.165) is 34.3 Å². The van der Waals surface area contributed by atoms with Gasteiger partial charge in [0.2, 0.25) is 5.91 Å². The standard InChI is InChI=1S/C23H26N4O2/c1-15-21(18-10-6-7-11-19(18)25-15)22-16-8-4-5-9-17(16)23(29)27(22)14-20(28)24-12-13-26(2)3/h4-11,22,25H,12-14H2,1-3H3,(H,24,28)/t22-/m1/s1. The molecule has 2 N–H and O–H groups in total. The number of fused-ring (bicyclic) bond motifs is 2. The zero-order chi connectivity index (χ0) is 20.5. The predicted molar refractivity (Wildman–Crippen MR) is 114 cm³/mol. The number of aromatic amines is 1. The third-order valence-electron chi connectivity index (χ3n) is 5.47. The van der Waals surface area contributed by atoms with Gasteiger partial charge in [-0.25, -0.2) is 0 Å². The highest BCUT2D eigenvalue weighted by Crippen LogP contribution is 2.42. The lowest BCUT2D eigenvalue weighted by Crippen LogP contribution is -2.41. The van der Waals surface area contributed by atoms with Crippen molar-refractivity contribution in [2.45, 2.75) is 13.0 Å². The van der Waals surface area contributed by atoms with Crippen molar-refractivity contribution in [2.24, 2.45) is 0 Å². The molecular weight excluding hydrogens is 364 g/mol. The molecule has 1 atom stereocenters. The van der Waals surface area contributed by atoms with E-state index < -0.39 is 0 Å². The molecule has 29 heavy (non-hydrogen) atoms. The number of nitrogens with zero attached hydrogens (tertiary/aromatic N) is 2. The van der Waals surface area contributed by atoms with E-state index in [1.165, 1.54) is 0 Å². The van der Waals surface area contributed by atoms with Crippen LogP contribution < -0.4 is 5.32 Å². The maximum atomic E-state index is 13.2. The van der Waals surface area contributed by atoms with E-state index in [2.05, 4.69) is 16.4 Å². The topological polar surface area (TPSA) is 68.4 Å². The van der Waals surface area contributed by atoms with Gasteiger partial charge in [0.05, 0.1) is 6.04 Å². The number of H-pyrrole nitrogens is 1. The summed E-state index contributed by atoms with van der Waals surface area (Å²) in [5, 5.41) is 4.00. The predicted octanol–water partition coefficient (Wildman–Crippen LogP) is 2.70. The second-order valence-electron chi connectivity index (χ2n) is 7.79. The number of aryl methyl sites for hydroxylation is 1. The minimum Gasteiger partial charge on any atom is -0.358 e. The first-order valence-electron chi connectivity index (χ1n) is 9.86. The Hall–Kier alpha value is -3.12. The van der Waals surface area contributed by atoms with E-state index in [1.807, 2.05) is 68.4 Å². The first kappa shape index (κ1) is 19.2. The second kappa shape index (κ2) is 7.72. The first-order valence-corrected chi connectivity index (χ1v) is 9.86. The van der Waals surface area contributed by atoms with Crippen LogP contribution in [0.15, 0.2) is 48.5 Å². The summed E-state index contributed by atoms with van der Waals surface area (Å²) in [6, 6.07) is 15.5. The van der Waals surface area contributed by atoms with Crippen LogP contribution in [-0.2, 0) is 4.79 Å². The Morgan fingerprint density at radius 1 is 1.14 bits per heavy atom. The molecule has 2 amide bonds. The van der Waals surface area contributed by atoms with Crippen molar-refractivity contribution in [1.29, 1.82) is 0 Å². The van der Waals surface area contributed by atoms with Crippen LogP contribution in [0.2, 0.25) is 0 Å². The van der Waals surface area contributed by atoms with Gasteiger partial charge in [-0.3, -0.25) is 9.59 Å². The molecule has 6 nitrogen and oxygen atoms in total. The molecule has 0 unspecified atom stereocenters. The van der Waals surface area contributed by atoms with Crippen LogP contribution in [0.3, 0.4) is 0 Å². The van der Waals surface area contributed by atoms with E-state index in [-0.39, 0.29) is 24.4 Å². The highest BCUT2D eigenvalue weighted by atomic mass is 16.2. The van der Waals surface area contributed by atoms with E-state index in [1.54, 1.807) is 4.90 Å². The molecule has 0 bridgehead atoms. The van der Waals surface area contributed by atoms with Gasteiger partial charge in [0, 0.05) is 40.8 Å². The third kappa shape index (κ3) is 3.51. The molecular formula is C23H26N4O2. The number of benzene rings is 2. The Kier molecular flexibility index (Phi) is 5.11. The highest BCUT2D eigenvalue weighted by molar-refractivity contribution is 6.02. The van der Waals surface area contributed by atoms with Crippen LogP contribution in [0.1, 0.15) is 33.2 Å². The van der Waals surface area contributed by atoms with Crippen molar-refractivity contribution in [3.05, 3.63) is 70.9 Å². The molecule has 1 aliphatic heterocycles. The zero-order valence-electron chi connectivity index (χ0n) is 17.0. The molecule has 0 radical (unpaired) electrons. The molecule has 2 aromatic carbocycles. The molecule has 6 heteroatoms. The molecule has 150 valence electrons. The summed E-state index contributed by atoms with van der Waals surface area (Å²) < 4.78 is 0. The SMILES string of the molecule is Cc1[nH]c2ccccc2c1[C@H]1c2ccccc2C(=O)N1CC(=O)NCCN(C)C. The molecule has 0 saturated heterocycles. The van der Waals surface area contributed by atoms with Gasteiger partial charge >= 0.3 is 0 Å². The summed E-state index contributed by atoms with van der Waals surface area (Å²) in [4.78, 5) is 32.9. The summed E-state index contributed by atoms with van der Waals surface area (Å²) >= 11 is 0. The molecule has 4 rings (SSSR count). The van der Waals surface area contributed by atoms with Crippen molar-refractivity contribution in [2.75, 3.05) is 33.7 Å². The maximum Gasteiger partial charge on any atom is 0.255 e. The number of likely N-dealkylation sites (N-methyl/N-ethyl adjacent to an activating group) is 1. The molecule has 0 fully saturated rings. The smallest absolute Gasteiger partial charge is 0.255 e. The number of hydrogen-bond acceptors (Lipinski definition) is 3. The number of para-hydroxylation sites is 1. The largest absolute Gasteiger partial charge is 0.358 e. The van der Waals surface area contributed by atoms with Gasteiger partial charge in [-0.2, -0.15) is 0 Å². The van der Waals surface area contributed by atoms with E-state index in [0.29, 0.717) is 12.1 Å². The van der Waals surface area contributed by atoms with E-state index in [9.17, 15) is 9.59 Å². The summed E-state index contributed by atoms with van der Waals surface area (Å²) in [5.41, 5.74) is 4.72. The number of carbonyl (C=O) groups is 2. The molecule has 2 heterocycles. The van der Waals surface area contributed by atoms with Gasteiger partial charge in [-0.1, -0.05) is 36.4 Å². The normalized spacial score (nSPS) is 15.9. The Bertz CT molecular complexity index is 1070. The maximum absolute atomic E-state index is 13.2. The van der Waals surface area contributed by atoms with Gasteiger partial charge in [-0.15, -0.1) is 0 Å². The lowest BCUT2D eigenvalue weighted by Gasteiger charge is -2.26. The van der Waals surface area contributed by atoms with E-state index >= 15 is 0 Å². The average molecular weight is 390 g/mol. The minimum absolute atomic E-state index is 0.0323. The van der Waals surface area contributed by atoms with E-state index in [4.69, 9.17) is 0 Å². The highest BCUT2D eigenvalue weighted by Gasteiger charge is 2.40. The lowest BCUT2D eigenvalue weighted by atomic mass is 9.95. The van der Waals surface area contributed by atoms with Gasteiger partial charge in [0.15, 0.2) is 0 Å². The van der Waals surface area contributed by atoms with Gasteiger partial charge in [0.1, 0.15) is 6.54 Å². The summed E-state index contributed by atoms with van der Waals surface area (Å²) in [6.07, 6.45) is 0. The number of amides is 2. The number of rotatable bonds is 6. The van der Waals surface area contributed by atoms with Crippen molar-refractivity contribution in [1.82, 2.24) is 20.1 Å². The molecule has 0 aliphatic carbocycles. The Balaban J connectivity index is 1.71. The van der Waals surface area contributed by atoms with Gasteiger partial charge in [-0.05, 0) is 38.7 Å². The Morgan fingerprint density at radius 3 is 2.66 bits per heavy atom. The summed E-state index contributed by atoms with van der Waals surface area (Å²) in [6.45, 7) is 3.36. The molecule has 0 saturated carbocycles. The minimum atomic E-state index is -0.283. The van der Waals surface area contributed by atoms with Crippen LogP contribution >= 0.6 is 0 Å². The fraction of sp³-hybridized carbons (Fsp3) is 0.304. The first-order chi connectivity index (χ1) is 14.0. The second-order valence-corrected chi connectivity index (χ2v) is 7.79. The molecule has 1 aromatic heterocycles. The number of carbonyl (C=O) groups excluding carboxylic acids is 2. The van der Waals surface area contributed by atoms with Gasteiger partial charge in [0.25, 0.3) is 5.91 Å². The molecule has 0 spiro atoms. The van der Waals surface area contributed by atoms with Crippen LogP contribution in [0.4, 0.5) is 0 Å². The average Bonchev–Trinajstić information content (AvgIpc) is 3.15. The number of aromatic nitrogens is 1. The summed E-state index contributed by atoms with van der Waals surface area (Å²) in [7, 11) is 3.92. The van der Waals surface area contributed by atoms with Crippen LogP contribution in [0, 0.1) is 6.92 Å². The molecule has 3 aromatic rings. The third-order valence-corrected chi connectivity index (χ3v) is 5.47. The van der Waals surface area contributed by atoms with Crippen LogP contribution in [0.25, 0.3) is 10.9 Å². The van der Waals surface area contributed by atoms with Crippen molar-refractivity contribution >= 4 is 22.7 Å². The van der Waals surface area contributed by atoms with Crippen molar-refractivity contribution < 1.29 is 9.59 Å². The van der Waals surface area contributed by atoms with Crippen LogP contribution in [-0.4, -0.2) is 60.3 Å². The number of hydrogen-bond donors (Lipinski definition) is 2. The fourth-order valence-electron chi connectivity index (χ4n) is 4.12. The van der Waals surface area contributed by atoms with Gasteiger partial charge < -0.3 is 20.1 Å². The Labute approximate surface area is 170 Å². The monoisotopic (exact) mass is 390 g/mol. The fourth-order valence-corrected chi connectivity index (χ4v) is 4.12. The summed E-state index contributed by atoms with van der Waals surface area (Å²) in [5.74, 6) is -0.242.